The van der Waals surface area contributed by atoms with E-state index in [1.165, 1.54) is 19.9 Å². The Bertz CT molecular complexity index is 575. The van der Waals surface area contributed by atoms with Crippen molar-refractivity contribution >= 4 is 27.7 Å². The highest BCUT2D eigenvalue weighted by molar-refractivity contribution is 7.92. The molecule has 0 heterocycles. The molecule has 1 aromatic rings. The normalized spacial score (nSPS) is 11.9. The molecule has 6 heteroatoms. The van der Waals surface area contributed by atoms with Gasteiger partial charge >= 0.3 is 0 Å². The fourth-order valence-electron chi connectivity index (χ4n) is 1.14. The van der Waals surface area contributed by atoms with E-state index in [0.29, 0.717) is 17.5 Å². The van der Waals surface area contributed by atoms with Crippen molar-refractivity contribution < 1.29 is 18.0 Å². The number of rotatable bonds is 4. The molecule has 0 aliphatic rings. The molecule has 1 aromatic carbocycles. The van der Waals surface area contributed by atoms with Gasteiger partial charge in [0.1, 0.15) is 11.0 Å². The summed E-state index contributed by atoms with van der Waals surface area (Å²) in [5.74, 6) is -0.631. The van der Waals surface area contributed by atoms with Gasteiger partial charge in [0.15, 0.2) is 9.84 Å². The van der Waals surface area contributed by atoms with Crippen LogP contribution in [0.5, 0.6) is 0 Å². The lowest BCUT2D eigenvalue weighted by molar-refractivity contribution is -0.117. The van der Waals surface area contributed by atoms with Crippen molar-refractivity contribution in [2.24, 2.45) is 0 Å². The number of aldehydes is 1. The third kappa shape index (κ3) is 2.95. The van der Waals surface area contributed by atoms with Crippen LogP contribution in [-0.4, -0.2) is 31.6 Å². The largest absolute Gasteiger partial charge is 0.325 e. The number of anilines is 1. The minimum atomic E-state index is -3.52. The van der Waals surface area contributed by atoms with Gasteiger partial charge in [-0.2, -0.15) is 0 Å². The monoisotopic (exact) mass is 269 g/mol. The molecule has 18 heavy (non-hydrogen) atoms. The second-order valence-electron chi connectivity index (χ2n) is 4.48. The average Bonchev–Trinajstić information content (AvgIpc) is 2.27. The summed E-state index contributed by atoms with van der Waals surface area (Å²) in [6.07, 6.45) is 1.66. The van der Waals surface area contributed by atoms with Gasteiger partial charge < -0.3 is 5.32 Å². The number of amides is 1. The van der Waals surface area contributed by atoms with Gasteiger partial charge in [0.2, 0.25) is 5.91 Å². The van der Waals surface area contributed by atoms with Crippen LogP contribution in [0.3, 0.4) is 0 Å². The van der Waals surface area contributed by atoms with Crippen LogP contribution in [0, 0.1) is 0 Å². The molecule has 0 aliphatic carbocycles. The molecule has 0 atom stereocenters. The highest BCUT2D eigenvalue weighted by atomic mass is 32.2. The second-order valence-corrected chi connectivity index (χ2v) is 7.04. The fraction of sp³-hybridized carbons (Fsp3) is 0.333. The maximum atomic E-state index is 11.9. The summed E-state index contributed by atoms with van der Waals surface area (Å²) in [6, 6.07) is 6.25. The SMILES string of the molecule is CC(C)(C(=O)Nc1cccc(C=O)c1)S(C)(=O)=O. The number of carbonyl (C=O) groups excluding carboxylic acids is 2. The smallest absolute Gasteiger partial charge is 0.245 e. The molecule has 1 rings (SSSR count). The van der Waals surface area contributed by atoms with E-state index >= 15 is 0 Å². The van der Waals surface area contributed by atoms with E-state index in [-0.39, 0.29) is 0 Å². The summed E-state index contributed by atoms with van der Waals surface area (Å²) in [5, 5.41) is 2.49. The fourth-order valence-corrected chi connectivity index (χ4v) is 1.53. The third-order valence-electron chi connectivity index (χ3n) is 2.75. The Labute approximate surface area is 106 Å². The lowest BCUT2D eigenvalue weighted by atomic mass is 10.1. The van der Waals surface area contributed by atoms with Gasteiger partial charge in [-0.15, -0.1) is 0 Å². The van der Waals surface area contributed by atoms with E-state index in [0.717, 1.165) is 6.26 Å². The Hall–Kier alpha value is -1.69. The van der Waals surface area contributed by atoms with Crippen LogP contribution in [0.25, 0.3) is 0 Å². The highest BCUT2D eigenvalue weighted by Gasteiger charge is 2.38. The predicted molar refractivity (Wildman–Crippen MR) is 69.4 cm³/mol. The topological polar surface area (TPSA) is 80.3 Å². The summed E-state index contributed by atoms with van der Waals surface area (Å²) in [4.78, 5) is 22.5. The van der Waals surface area contributed by atoms with Gasteiger partial charge in [-0.3, -0.25) is 9.59 Å². The number of sulfone groups is 1. The molecule has 0 aliphatic heterocycles. The van der Waals surface area contributed by atoms with Gasteiger partial charge in [-0.1, -0.05) is 12.1 Å². The van der Waals surface area contributed by atoms with Crippen molar-refractivity contribution in [2.75, 3.05) is 11.6 Å². The standard InChI is InChI=1S/C12H15NO4S/c1-12(2,18(3,16)17)11(15)13-10-6-4-5-9(7-10)8-14/h4-8H,1-3H3,(H,13,15). The first-order valence-corrected chi connectivity index (χ1v) is 7.14. The lowest BCUT2D eigenvalue weighted by Crippen LogP contribution is -2.43. The van der Waals surface area contributed by atoms with E-state index in [4.69, 9.17) is 0 Å². The zero-order valence-electron chi connectivity index (χ0n) is 10.4. The second kappa shape index (κ2) is 4.89. The average molecular weight is 269 g/mol. The van der Waals surface area contributed by atoms with Crippen LogP contribution in [-0.2, 0) is 14.6 Å². The molecule has 5 nitrogen and oxygen atoms in total. The molecule has 98 valence electrons. The van der Waals surface area contributed by atoms with E-state index in [9.17, 15) is 18.0 Å². The molecule has 0 aromatic heterocycles. The lowest BCUT2D eigenvalue weighted by Gasteiger charge is -2.21. The van der Waals surface area contributed by atoms with E-state index in [1.54, 1.807) is 18.2 Å². The minimum absolute atomic E-state index is 0.390. The molecule has 1 amide bonds. The molecule has 0 radical (unpaired) electrons. The zero-order valence-corrected chi connectivity index (χ0v) is 11.2. The molecule has 0 saturated heterocycles. The maximum absolute atomic E-state index is 11.9. The van der Waals surface area contributed by atoms with Crippen molar-refractivity contribution in [3.05, 3.63) is 29.8 Å². The number of benzene rings is 1. The summed E-state index contributed by atoms with van der Waals surface area (Å²) in [6.45, 7) is 2.67. The van der Waals surface area contributed by atoms with Crippen LogP contribution in [0.2, 0.25) is 0 Å². The van der Waals surface area contributed by atoms with E-state index in [1.807, 2.05) is 0 Å². The van der Waals surface area contributed by atoms with Crippen LogP contribution < -0.4 is 5.32 Å². The molecule has 0 bridgehead atoms. The Morgan fingerprint density at radius 1 is 1.33 bits per heavy atom. The Balaban J connectivity index is 2.98. The van der Waals surface area contributed by atoms with Crippen LogP contribution in [0.1, 0.15) is 24.2 Å². The molecule has 0 fully saturated rings. The molecular formula is C12H15NO4S. The van der Waals surface area contributed by atoms with Gasteiger partial charge in [0.25, 0.3) is 0 Å². The zero-order chi connectivity index (χ0) is 14.0. The van der Waals surface area contributed by atoms with Gasteiger partial charge in [-0.05, 0) is 26.0 Å². The molecule has 0 saturated carbocycles. The summed E-state index contributed by atoms with van der Waals surface area (Å²) >= 11 is 0. The van der Waals surface area contributed by atoms with Crippen molar-refractivity contribution in [3.63, 3.8) is 0 Å². The third-order valence-corrected chi connectivity index (χ3v) is 4.79. The first kappa shape index (κ1) is 14.4. The van der Waals surface area contributed by atoms with E-state index < -0.39 is 20.5 Å². The molecule has 0 unspecified atom stereocenters. The Kier molecular flexibility index (Phi) is 3.91. The van der Waals surface area contributed by atoms with Crippen molar-refractivity contribution in [1.82, 2.24) is 0 Å². The van der Waals surface area contributed by atoms with Gasteiger partial charge in [0.05, 0.1) is 0 Å². The first-order valence-electron chi connectivity index (χ1n) is 5.25. The predicted octanol–water partition coefficient (Wildman–Crippen LogP) is 1.26. The quantitative estimate of drug-likeness (QED) is 0.834. The number of carbonyl (C=O) groups is 2. The summed E-state index contributed by atoms with van der Waals surface area (Å²) < 4.78 is 21.5. The Morgan fingerprint density at radius 3 is 2.44 bits per heavy atom. The Morgan fingerprint density at radius 2 is 1.94 bits per heavy atom. The van der Waals surface area contributed by atoms with E-state index in [2.05, 4.69) is 5.32 Å². The molecule has 1 N–H and O–H groups in total. The van der Waals surface area contributed by atoms with Crippen LogP contribution in [0.4, 0.5) is 5.69 Å². The highest BCUT2D eigenvalue weighted by Crippen LogP contribution is 2.18. The number of hydrogen-bond donors (Lipinski definition) is 1. The number of hydrogen-bond acceptors (Lipinski definition) is 4. The van der Waals surface area contributed by atoms with Gasteiger partial charge in [0, 0.05) is 17.5 Å². The van der Waals surface area contributed by atoms with Crippen LogP contribution in [0.15, 0.2) is 24.3 Å². The first-order chi connectivity index (χ1) is 8.18. The van der Waals surface area contributed by atoms with Crippen molar-refractivity contribution in [3.8, 4) is 0 Å². The van der Waals surface area contributed by atoms with Crippen molar-refractivity contribution in [2.45, 2.75) is 18.6 Å². The maximum Gasteiger partial charge on any atom is 0.245 e. The summed E-state index contributed by atoms with van der Waals surface area (Å²) in [7, 11) is -3.52. The minimum Gasteiger partial charge on any atom is -0.325 e. The van der Waals surface area contributed by atoms with Crippen molar-refractivity contribution in [1.29, 1.82) is 0 Å². The van der Waals surface area contributed by atoms with Gasteiger partial charge in [-0.25, -0.2) is 8.42 Å². The molecular weight excluding hydrogens is 254 g/mol. The van der Waals surface area contributed by atoms with Crippen LogP contribution >= 0.6 is 0 Å². The summed E-state index contributed by atoms with van der Waals surface area (Å²) in [5.41, 5.74) is 0.797. The number of nitrogens with one attached hydrogen (secondary N) is 1. The molecule has 0 spiro atoms.